The highest BCUT2D eigenvalue weighted by Gasteiger charge is 2.34. The Kier molecular flexibility index (Phi) is 5.21. The fourth-order valence-electron chi connectivity index (χ4n) is 1.77. The van der Waals surface area contributed by atoms with Crippen molar-refractivity contribution in [2.45, 2.75) is 19.0 Å². The molecule has 4 N–H and O–H groups in total. The molecule has 1 aromatic rings. The van der Waals surface area contributed by atoms with Crippen LogP contribution in [0.1, 0.15) is 17.5 Å². The van der Waals surface area contributed by atoms with Gasteiger partial charge in [-0.05, 0) is 40.0 Å². The van der Waals surface area contributed by atoms with Crippen LogP contribution in [0.5, 0.6) is 0 Å². The molecule has 0 amide bonds. The van der Waals surface area contributed by atoms with Crippen LogP contribution in [0.4, 0.5) is 18.9 Å². The molecule has 0 aliphatic carbocycles. The zero-order valence-corrected chi connectivity index (χ0v) is 12.0. The van der Waals surface area contributed by atoms with Crippen molar-refractivity contribution in [2.24, 2.45) is 5.92 Å². The van der Waals surface area contributed by atoms with Crippen LogP contribution in [0.2, 0.25) is 0 Å². The van der Waals surface area contributed by atoms with Crippen LogP contribution >= 0.6 is 15.9 Å². The fourth-order valence-corrected chi connectivity index (χ4v) is 2.28. The third-order valence-corrected chi connectivity index (χ3v) is 3.40. The van der Waals surface area contributed by atoms with Gasteiger partial charge in [-0.1, -0.05) is 0 Å². The summed E-state index contributed by atoms with van der Waals surface area (Å²) >= 11 is 2.88. The molecule has 1 rings (SSSR count). The first kappa shape index (κ1) is 17.3. The van der Waals surface area contributed by atoms with Gasteiger partial charge in [0.15, 0.2) is 0 Å². The van der Waals surface area contributed by atoms with E-state index in [4.69, 9.17) is 15.9 Å². The molecule has 0 unspecified atom stereocenters. The summed E-state index contributed by atoms with van der Waals surface area (Å²) in [5.41, 5.74) is 3.78. The molecule has 0 aliphatic heterocycles. The lowest BCUT2D eigenvalue weighted by molar-refractivity contribution is -0.148. The lowest BCUT2D eigenvalue weighted by Gasteiger charge is -2.15. The smallest absolute Gasteiger partial charge is 0.418 e. The lowest BCUT2D eigenvalue weighted by Crippen LogP contribution is -2.20. The summed E-state index contributed by atoms with van der Waals surface area (Å²) in [4.78, 5) is 21.5. The molecule has 0 radical (unpaired) electrons. The van der Waals surface area contributed by atoms with Gasteiger partial charge < -0.3 is 15.9 Å². The van der Waals surface area contributed by atoms with Gasteiger partial charge in [-0.25, -0.2) is 0 Å². The highest BCUT2D eigenvalue weighted by molar-refractivity contribution is 9.10. The second kappa shape index (κ2) is 6.33. The quantitative estimate of drug-likeness (QED) is 0.692. The Balaban J connectivity index is 3.16. The lowest BCUT2D eigenvalue weighted by atomic mass is 9.95. The average Bonchev–Trinajstić information content (AvgIpc) is 2.30. The predicted octanol–water partition coefficient (Wildman–Crippen LogP) is 2.77. The summed E-state index contributed by atoms with van der Waals surface area (Å²) < 4.78 is 38.4. The maximum absolute atomic E-state index is 12.8. The molecule has 0 aliphatic rings. The third kappa shape index (κ3) is 4.62. The zero-order valence-electron chi connectivity index (χ0n) is 10.4. The van der Waals surface area contributed by atoms with E-state index >= 15 is 0 Å². The predicted molar refractivity (Wildman–Crippen MR) is 70.6 cm³/mol. The number of rotatable bonds is 5. The Morgan fingerprint density at radius 2 is 1.86 bits per heavy atom. The van der Waals surface area contributed by atoms with Crippen molar-refractivity contribution in [2.75, 3.05) is 5.73 Å². The number of hydrogen-bond donors (Lipinski definition) is 3. The number of hydrogen-bond acceptors (Lipinski definition) is 3. The molecule has 1 atom stereocenters. The fraction of sp³-hybridized carbons (Fsp3) is 0.333. The average molecular weight is 370 g/mol. The summed E-state index contributed by atoms with van der Waals surface area (Å²) in [5, 5.41) is 17.5. The first-order chi connectivity index (χ1) is 9.52. The summed E-state index contributed by atoms with van der Waals surface area (Å²) in [5.74, 6) is -4.05. The molecule has 0 bridgehead atoms. The molecule has 9 heteroatoms. The van der Waals surface area contributed by atoms with Crippen LogP contribution in [-0.4, -0.2) is 22.2 Å². The van der Waals surface area contributed by atoms with E-state index in [1.54, 1.807) is 0 Å². The number of anilines is 1. The maximum atomic E-state index is 12.8. The van der Waals surface area contributed by atoms with E-state index in [-0.39, 0.29) is 16.5 Å². The van der Waals surface area contributed by atoms with Crippen molar-refractivity contribution in [1.29, 1.82) is 0 Å². The summed E-state index contributed by atoms with van der Waals surface area (Å²) in [6.07, 6.45) is -5.71. The number of nitrogens with two attached hydrogens (primary N) is 1. The Hall–Kier alpha value is -1.77. The first-order valence-electron chi connectivity index (χ1n) is 5.62. The normalized spacial score (nSPS) is 13.0. The van der Waals surface area contributed by atoms with E-state index in [2.05, 4.69) is 15.9 Å². The summed E-state index contributed by atoms with van der Waals surface area (Å²) in [7, 11) is 0. The number of halogens is 4. The van der Waals surface area contributed by atoms with Gasteiger partial charge in [0, 0.05) is 4.47 Å². The van der Waals surface area contributed by atoms with E-state index < -0.39 is 41.7 Å². The molecule has 0 aromatic heterocycles. The maximum Gasteiger partial charge on any atom is 0.418 e. The van der Waals surface area contributed by atoms with Gasteiger partial charge in [-0.2, -0.15) is 13.2 Å². The standard InChI is InChI=1S/C12H11BrF3NO4/c13-8-3-5(1-6(11(20)21)4-9(18)19)2-7(10(8)17)12(14,15)16/h2-3,6H,1,4,17H2,(H,18,19)(H,20,21)/t6-/m0/s1. The second-order valence-electron chi connectivity index (χ2n) is 4.37. The van der Waals surface area contributed by atoms with E-state index in [9.17, 15) is 22.8 Å². The van der Waals surface area contributed by atoms with E-state index in [0.717, 1.165) is 6.07 Å². The van der Waals surface area contributed by atoms with Gasteiger partial charge in [-0.15, -0.1) is 0 Å². The molecule has 0 saturated carbocycles. The third-order valence-electron chi connectivity index (χ3n) is 2.75. The van der Waals surface area contributed by atoms with Gasteiger partial charge in [0.2, 0.25) is 0 Å². The number of carboxylic acid groups (broad SMARTS) is 2. The topological polar surface area (TPSA) is 101 Å². The van der Waals surface area contributed by atoms with Crippen molar-refractivity contribution >= 4 is 33.6 Å². The van der Waals surface area contributed by atoms with E-state index in [0.29, 0.717) is 0 Å². The first-order valence-corrected chi connectivity index (χ1v) is 6.41. The van der Waals surface area contributed by atoms with Crippen molar-refractivity contribution < 1.29 is 33.0 Å². The van der Waals surface area contributed by atoms with E-state index in [1.165, 1.54) is 6.07 Å². The number of carbonyl (C=O) groups is 2. The van der Waals surface area contributed by atoms with Crippen molar-refractivity contribution in [3.8, 4) is 0 Å². The van der Waals surface area contributed by atoms with Gasteiger partial charge in [-0.3, -0.25) is 9.59 Å². The SMILES string of the molecule is Nc1c(Br)cc(C[C@@H](CC(=O)O)C(=O)O)cc1C(F)(F)F. The molecular formula is C12H11BrF3NO4. The number of aliphatic carboxylic acids is 2. The molecular weight excluding hydrogens is 359 g/mol. The van der Waals surface area contributed by atoms with Gasteiger partial charge in [0.1, 0.15) is 0 Å². The highest BCUT2D eigenvalue weighted by Crippen LogP contribution is 2.38. The van der Waals surface area contributed by atoms with Crippen LogP contribution in [-0.2, 0) is 22.2 Å². The van der Waals surface area contributed by atoms with Crippen molar-refractivity contribution in [1.82, 2.24) is 0 Å². The van der Waals surface area contributed by atoms with Crippen molar-refractivity contribution in [3.05, 3.63) is 27.7 Å². The molecule has 116 valence electrons. The Morgan fingerprint density at radius 3 is 2.29 bits per heavy atom. The Bertz CT molecular complexity index is 574. The van der Waals surface area contributed by atoms with Crippen LogP contribution in [0.15, 0.2) is 16.6 Å². The van der Waals surface area contributed by atoms with Crippen molar-refractivity contribution in [3.63, 3.8) is 0 Å². The number of alkyl halides is 3. The molecule has 0 saturated heterocycles. The van der Waals surface area contributed by atoms with Crippen LogP contribution in [0, 0.1) is 5.92 Å². The minimum absolute atomic E-state index is 0.0215. The summed E-state index contributed by atoms with van der Waals surface area (Å²) in [6.45, 7) is 0. The molecule has 0 spiro atoms. The number of nitrogen functional groups attached to an aromatic ring is 1. The van der Waals surface area contributed by atoms with Crippen LogP contribution in [0.25, 0.3) is 0 Å². The molecule has 0 heterocycles. The van der Waals surface area contributed by atoms with Gasteiger partial charge in [0.25, 0.3) is 0 Å². The largest absolute Gasteiger partial charge is 0.481 e. The number of carboxylic acids is 2. The molecule has 1 aromatic carbocycles. The molecule has 5 nitrogen and oxygen atoms in total. The minimum Gasteiger partial charge on any atom is -0.481 e. The molecule has 0 fully saturated rings. The Morgan fingerprint density at radius 1 is 1.29 bits per heavy atom. The van der Waals surface area contributed by atoms with Gasteiger partial charge in [0.05, 0.1) is 23.6 Å². The Labute approximate surface area is 125 Å². The highest BCUT2D eigenvalue weighted by atomic mass is 79.9. The number of benzene rings is 1. The van der Waals surface area contributed by atoms with Crippen LogP contribution in [0.3, 0.4) is 0 Å². The van der Waals surface area contributed by atoms with Crippen LogP contribution < -0.4 is 5.73 Å². The second-order valence-corrected chi connectivity index (χ2v) is 5.23. The monoisotopic (exact) mass is 369 g/mol. The van der Waals surface area contributed by atoms with Gasteiger partial charge >= 0.3 is 18.1 Å². The molecule has 21 heavy (non-hydrogen) atoms. The minimum atomic E-state index is -4.69. The zero-order chi connectivity index (χ0) is 16.4. The van der Waals surface area contributed by atoms with E-state index in [1.807, 2.05) is 0 Å². The summed E-state index contributed by atoms with van der Waals surface area (Å²) in [6, 6.07) is 1.99.